The lowest BCUT2D eigenvalue weighted by Gasteiger charge is -2.43. The monoisotopic (exact) mass is 682 g/mol. The van der Waals surface area contributed by atoms with Gasteiger partial charge in [-0.15, -0.1) is 11.8 Å². The first-order valence-electron chi connectivity index (χ1n) is 14.9. The van der Waals surface area contributed by atoms with Gasteiger partial charge < -0.3 is 9.72 Å². The van der Waals surface area contributed by atoms with Crippen molar-refractivity contribution in [2.75, 3.05) is 4.90 Å². The number of hydrogen-bond donors (Lipinski definition) is 1. The quantitative estimate of drug-likeness (QED) is 0.219. The summed E-state index contributed by atoms with van der Waals surface area (Å²) in [5.74, 6) is -3.13. The number of carbonyl (C=O) groups excluding carboxylic acids is 2. The molecule has 3 aromatic carbocycles. The Morgan fingerprint density at radius 2 is 1.70 bits per heavy atom. The summed E-state index contributed by atoms with van der Waals surface area (Å²) in [5, 5.41) is 1.05. The number of para-hydroxylation sites is 1. The van der Waals surface area contributed by atoms with Gasteiger partial charge >= 0.3 is 11.0 Å². The molecule has 4 aromatic rings. The number of aryl methyl sites for hydroxylation is 1. The molecular weight excluding hydrogens is 657 g/mol. The number of anilines is 1. The van der Waals surface area contributed by atoms with Crippen LogP contribution in [0.2, 0.25) is 5.02 Å². The second-order valence-electron chi connectivity index (χ2n) is 12.4. The van der Waals surface area contributed by atoms with Crippen LogP contribution in [0.15, 0.2) is 76.6 Å². The van der Waals surface area contributed by atoms with E-state index in [1.165, 1.54) is 30.0 Å². The Hall–Kier alpha value is -3.54. The Bertz CT molecular complexity index is 1980. The van der Waals surface area contributed by atoms with Gasteiger partial charge in [-0.05, 0) is 72.6 Å². The van der Waals surface area contributed by atoms with E-state index in [0.717, 1.165) is 43.9 Å². The maximum atomic E-state index is 14.1. The minimum absolute atomic E-state index is 0.147. The third kappa shape index (κ3) is 4.49. The van der Waals surface area contributed by atoms with E-state index in [1.54, 1.807) is 6.07 Å². The number of H-pyrrole nitrogens is 1. The number of carbonyl (C=O) groups is 2. The number of aromatic amines is 1. The highest BCUT2D eigenvalue weighted by atomic mass is 35.5. The van der Waals surface area contributed by atoms with Crippen molar-refractivity contribution in [1.82, 2.24) is 4.98 Å². The van der Waals surface area contributed by atoms with Crippen molar-refractivity contribution in [2.24, 2.45) is 29.6 Å². The van der Waals surface area contributed by atoms with Gasteiger partial charge in [0.1, 0.15) is 12.4 Å². The van der Waals surface area contributed by atoms with Crippen LogP contribution in [0.3, 0.4) is 0 Å². The first-order valence-corrected chi connectivity index (χ1v) is 17.0. The average molecular weight is 683 g/mol. The van der Waals surface area contributed by atoms with E-state index in [0.29, 0.717) is 28.8 Å². The highest BCUT2D eigenvalue weighted by molar-refractivity contribution is 8.00. The van der Waals surface area contributed by atoms with Crippen molar-refractivity contribution in [2.45, 2.75) is 42.3 Å². The molecule has 0 spiro atoms. The SMILES string of the molecule is Cc1ccccc1COc1ccc(Cl)cc1[C@@H]1c2sc(=O)[nH]c2S[C@@H]2[C@@H]3C[C@@H]([C@@H]4C(=O)N(c5ccccc5C(F)(F)F)C(=O)[C@@H]34)[C@@H]12. The molecule has 2 aliphatic heterocycles. The zero-order chi connectivity index (χ0) is 32.1. The van der Waals surface area contributed by atoms with Gasteiger partial charge in [-0.3, -0.25) is 14.4 Å². The van der Waals surface area contributed by atoms with E-state index >= 15 is 0 Å². The number of imide groups is 1. The summed E-state index contributed by atoms with van der Waals surface area (Å²) in [6.07, 6.45) is -4.14. The third-order valence-electron chi connectivity index (χ3n) is 10.1. The van der Waals surface area contributed by atoms with Gasteiger partial charge in [-0.1, -0.05) is 59.3 Å². The molecule has 8 rings (SSSR count). The summed E-state index contributed by atoms with van der Waals surface area (Å²) in [7, 11) is 0. The highest BCUT2D eigenvalue weighted by Crippen LogP contribution is 2.69. The summed E-state index contributed by atoms with van der Waals surface area (Å²) in [4.78, 5) is 45.1. The minimum Gasteiger partial charge on any atom is -0.489 e. The van der Waals surface area contributed by atoms with E-state index < -0.39 is 41.1 Å². The van der Waals surface area contributed by atoms with Crippen molar-refractivity contribution in [3.63, 3.8) is 0 Å². The van der Waals surface area contributed by atoms with Gasteiger partial charge in [0.05, 0.1) is 28.1 Å². The fourth-order valence-corrected chi connectivity index (χ4v) is 11.4. The summed E-state index contributed by atoms with van der Waals surface area (Å²) < 4.78 is 48.4. The first kappa shape index (κ1) is 29.8. The Morgan fingerprint density at radius 1 is 0.978 bits per heavy atom. The van der Waals surface area contributed by atoms with Crippen LogP contribution < -0.4 is 14.5 Å². The molecule has 4 aliphatic rings. The van der Waals surface area contributed by atoms with Crippen LogP contribution >= 0.6 is 34.7 Å². The summed E-state index contributed by atoms with van der Waals surface area (Å²) in [5.41, 5.74) is 1.45. The third-order valence-corrected chi connectivity index (χ3v) is 12.9. The Labute approximate surface area is 274 Å². The normalized spacial score (nSPS) is 27.9. The van der Waals surface area contributed by atoms with Gasteiger partial charge in [0, 0.05) is 26.6 Å². The smallest absolute Gasteiger partial charge is 0.418 e. The van der Waals surface area contributed by atoms with Crippen molar-refractivity contribution in [3.8, 4) is 5.75 Å². The molecule has 2 aliphatic carbocycles. The van der Waals surface area contributed by atoms with Crippen LogP contribution in [0.5, 0.6) is 5.75 Å². The van der Waals surface area contributed by atoms with Crippen molar-refractivity contribution in [1.29, 1.82) is 0 Å². The van der Waals surface area contributed by atoms with Gasteiger partial charge in [0.15, 0.2) is 0 Å². The standard InChI is InChI=1S/C34H26ClF3N2O4S2/c1-15-6-2-3-7-16(15)14-44-23-11-10-17(35)12-18(23)24-25-19-13-20(28(25)45-30-29(24)46-33(43)39-30)27-26(19)31(41)40(32(27)42)22-9-5-4-8-21(22)34(36,37)38/h2-12,19-20,24-28H,13-14H2,1H3,(H,39,43)/t19-,20-,24+,25+,26+,27+,28-/m1/s1. The van der Waals surface area contributed by atoms with Crippen molar-refractivity contribution in [3.05, 3.63) is 109 Å². The first-order chi connectivity index (χ1) is 22.0. The van der Waals surface area contributed by atoms with Gasteiger partial charge in [0.25, 0.3) is 0 Å². The van der Waals surface area contributed by atoms with Gasteiger partial charge in [-0.25, -0.2) is 4.90 Å². The number of rotatable bonds is 5. The van der Waals surface area contributed by atoms with E-state index in [4.69, 9.17) is 16.3 Å². The maximum absolute atomic E-state index is 14.1. The lowest BCUT2D eigenvalue weighted by Crippen LogP contribution is -2.42. The molecule has 3 heterocycles. The molecular formula is C34H26ClF3N2O4S2. The van der Waals surface area contributed by atoms with E-state index in [9.17, 15) is 27.6 Å². The number of halogens is 4. The predicted octanol–water partition coefficient (Wildman–Crippen LogP) is 7.67. The number of aromatic nitrogens is 1. The molecule has 2 amide bonds. The van der Waals surface area contributed by atoms with Gasteiger partial charge in [0.2, 0.25) is 11.8 Å². The molecule has 12 heteroatoms. The Kier molecular flexibility index (Phi) is 6.97. The molecule has 7 atom stereocenters. The van der Waals surface area contributed by atoms with Crippen LogP contribution in [-0.2, 0) is 22.4 Å². The lowest BCUT2D eigenvalue weighted by atomic mass is 9.68. The molecule has 2 bridgehead atoms. The number of alkyl halides is 3. The number of ether oxygens (including phenoxy) is 1. The van der Waals surface area contributed by atoms with Crippen LogP contribution in [0, 0.1) is 36.5 Å². The van der Waals surface area contributed by atoms with E-state index in [1.807, 2.05) is 43.3 Å². The predicted molar refractivity (Wildman–Crippen MR) is 169 cm³/mol. The zero-order valence-corrected chi connectivity index (χ0v) is 26.6. The summed E-state index contributed by atoms with van der Waals surface area (Å²) >= 11 is 9.20. The molecule has 6 nitrogen and oxygen atoms in total. The minimum atomic E-state index is -4.73. The number of hydrogen-bond acceptors (Lipinski definition) is 6. The fraction of sp³-hybridized carbons (Fsp3) is 0.324. The largest absolute Gasteiger partial charge is 0.489 e. The molecule has 0 radical (unpaired) electrons. The average Bonchev–Trinajstić information content (AvgIpc) is 3.75. The molecule has 0 unspecified atom stereocenters. The summed E-state index contributed by atoms with van der Waals surface area (Å²) in [6, 6.07) is 18.1. The molecule has 1 aromatic heterocycles. The molecule has 2 saturated carbocycles. The van der Waals surface area contributed by atoms with Crippen LogP contribution in [0.25, 0.3) is 0 Å². The molecule has 1 N–H and O–H groups in total. The van der Waals surface area contributed by atoms with Crippen LogP contribution in [-0.4, -0.2) is 22.0 Å². The molecule has 1 saturated heterocycles. The van der Waals surface area contributed by atoms with Crippen molar-refractivity contribution >= 4 is 52.2 Å². The second-order valence-corrected chi connectivity index (χ2v) is 15.0. The number of nitrogens with one attached hydrogen (secondary N) is 1. The molecule has 3 fully saturated rings. The molecule has 46 heavy (non-hydrogen) atoms. The number of amides is 2. The van der Waals surface area contributed by atoms with Gasteiger partial charge in [-0.2, -0.15) is 13.2 Å². The zero-order valence-electron chi connectivity index (χ0n) is 24.2. The topological polar surface area (TPSA) is 79.5 Å². The Morgan fingerprint density at radius 3 is 2.46 bits per heavy atom. The number of nitrogens with zero attached hydrogens (tertiary/aromatic N) is 1. The highest BCUT2D eigenvalue weighted by Gasteiger charge is 2.70. The Balaban J connectivity index is 1.21. The number of thioether (sulfide) groups is 1. The summed E-state index contributed by atoms with van der Waals surface area (Å²) in [6.45, 7) is 2.32. The molecule has 236 valence electrons. The fourth-order valence-electron chi connectivity index (χ4n) is 8.33. The van der Waals surface area contributed by atoms with E-state index in [2.05, 4.69) is 4.98 Å². The lowest BCUT2D eigenvalue weighted by molar-refractivity contribution is -0.137. The van der Waals surface area contributed by atoms with Crippen LogP contribution in [0.1, 0.15) is 39.5 Å². The maximum Gasteiger partial charge on any atom is 0.418 e. The number of fused-ring (bicyclic) bond motifs is 9. The van der Waals surface area contributed by atoms with E-state index in [-0.39, 0.29) is 33.8 Å². The van der Waals surface area contributed by atoms with Crippen LogP contribution in [0.4, 0.5) is 18.9 Å². The second kappa shape index (κ2) is 10.7. The van der Waals surface area contributed by atoms with Crippen molar-refractivity contribution < 1.29 is 27.5 Å². The number of thiazole rings is 1. The number of benzene rings is 3.